The van der Waals surface area contributed by atoms with Crippen molar-refractivity contribution in [3.05, 3.63) is 58.6 Å². The van der Waals surface area contributed by atoms with Crippen LogP contribution in [0.1, 0.15) is 11.1 Å². The number of aromatic hydroxyl groups is 2. The Morgan fingerprint density at radius 2 is 1.75 bits per heavy atom. The minimum Gasteiger partial charge on any atom is -0.504 e. The largest absolute Gasteiger partial charge is 0.504 e. The smallest absolute Gasteiger partial charge is 0.158 e. The third kappa shape index (κ3) is 4.19. The summed E-state index contributed by atoms with van der Waals surface area (Å²) in [4.78, 5) is 2.36. The third-order valence-electron chi connectivity index (χ3n) is 4.07. The lowest BCUT2D eigenvalue weighted by atomic mass is 10.2. The SMILES string of the molecule is Oc1ccc(/C=N/N2CCN(Cc3ccccc3Cl)CC2)cc1O. The summed E-state index contributed by atoms with van der Waals surface area (Å²) >= 11 is 6.21. The van der Waals surface area contributed by atoms with Gasteiger partial charge in [-0.2, -0.15) is 5.10 Å². The van der Waals surface area contributed by atoms with Gasteiger partial charge in [0.25, 0.3) is 0 Å². The highest BCUT2D eigenvalue weighted by Gasteiger charge is 2.16. The Bertz CT molecular complexity index is 728. The molecule has 1 saturated heterocycles. The summed E-state index contributed by atoms with van der Waals surface area (Å²) in [5.74, 6) is -0.260. The standard InChI is InChI=1S/C18H20ClN3O2/c19-16-4-2-1-3-15(16)13-21-7-9-22(10-8-21)20-12-14-5-6-17(23)18(24)11-14/h1-6,11-12,23-24H,7-10,13H2/b20-12+. The molecule has 2 aromatic rings. The fraction of sp³-hybridized carbons (Fsp3) is 0.278. The Morgan fingerprint density at radius 1 is 1.00 bits per heavy atom. The van der Waals surface area contributed by atoms with Crippen LogP contribution in [0.15, 0.2) is 47.6 Å². The van der Waals surface area contributed by atoms with E-state index in [2.05, 4.69) is 16.1 Å². The number of hydrogen-bond acceptors (Lipinski definition) is 5. The van der Waals surface area contributed by atoms with E-state index in [9.17, 15) is 10.2 Å². The monoisotopic (exact) mass is 345 g/mol. The second-order valence-electron chi connectivity index (χ2n) is 5.81. The highest BCUT2D eigenvalue weighted by molar-refractivity contribution is 6.31. The van der Waals surface area contributed by atoms with Gasteiger partial charge in [-0.25, -0.2) is 0 Å². The molecule has 0 aliphatic carbocycles. The van der Waals surface area contributed by atoms with Crippen LogP contribution in [0.5, 0.6) is 11.5 Å². The molecule has 0 amide bonds. The maximum Gasteiger partial charge on any atom is 0.158 e. The molecular formula is C18H20ClN3O2. The molecule has 126 valence electrons. The number of rotatable bonds is 4. The molecule has 0 saturated carbocycles. The maximum atomic E-state index is 9.49. The lowest BCUT2D eigenvalue weighted by Crippen LogP contribution is -2.43. The molecule has 6 heteroatoms. The first kappa shape index (κ1) is 16.6. The van der Waals surface area contributed by atoms with Crippen LogP contribution in [0, 0.1) is 0 Å². The van der Waals surface area contributed by atoms with Crippen LogP contribution < -0.4 is 0 Å². The quantitative estimate of drug-likeness (QED) is 0.661. The summed E-state index contributed by atoms with van der Waals surface area (Å²) in [5.41, 5.74) is 1.90. The van der Waals surface area contributed by atoms with Gasteiger partial charge in [0.1, 0.15) is 0 Å². The highest BCUT2D eigenvalue weighted by atomic mass is 35.5. The van der Waals surface area contributed by atoms with E-state index in [0.29, 0.717) is 0 Å². The number of piperazine rings is 1. The minimum absolute atomic E-state index is 0.125. The van der Waals surface area contributed by atoms with Crippen molar-refractivity contribution in [2.24, 2.45) is 5.10 Å². The average molecular weight is 346 g/mol. The van der Waals surface area contributed by atoms with E-state index in [4.69, 9.17) is 11.6 Å². The molecular weight excluding hydrogens is 326 g/mol. The molecule has 1 aliphatic heterocycles. The van der Waals surface area contributed by atoms with Crippen molar-refractivity contribution in [2.75, 3.05) is 26.2 Å². The molecule has 3 rings (SSSR count). The van der Waals surface area contributed by atoms with E-state index >= 15 is 0 Å². The van der Waals surface area contributed by atoms with Crippen molar-refractivity contribution in [1.82, 2.24) is 9.91 Å². The zero-order chi connectivity index (χ0) is 16.9. The molecule has 5 nitrogen and oxygen atoms in total. The molecule has 0 bridgehead atoms. The summed E-state index contributed by atoms with van der Waals surface area (Å²) in [6.07, 6.45) is 1.70. The molecule has 0 atom stereocenters. The fourth-order valence-corrected chi connectivity index (χ4v) is 2.84. The van der Waals surface area contributed by atoms with E-state index in [1.807, 2.05) is 23.2 Å². The van der Waals surface area contributed by atoms with Crippen LogP contribution in [0.25, 0.3) is 0 Å². The summed E-state index contributed by atoms with van der Waals surface area (Å²) in [6, 6.07) is 12.6. The van der Waals surface area contributed by atoms with Crippen molar-refractivity contribution in [3.8, 4) is 11.5 Å². The normalized spacial score (nSPS) is 16.0. The summed E-state index contributed by atoms with van der Waals surface area (Å²) < 4.78 is 0. The Kier molecular flexibility index (Phi) is 5.23. The second-order valence-corrected chi connectivity index (χ2v) is 6.22. The van der Waals surface area contributed by atoms with Crippen LogP contribution in [-0.2, 0) is 6.54 Å². The molecule has 1 heterocycles. The minimum atomic E-state index is -0.136. The van der Waals surface area contributed by atoms with Gasteiger partial charge >= 0.3 is 0 Å². The summed E-state index contributed by atoms with van der Waals surface area (Å²) in [7, 11) is 0. The predicted octanol–water partition coefficient (Wildman–Crippen LogP) is 2.90. The first-order valence-corrected chi connectivity index (χ1v) is 8.26. The molecule has 1 fully saturated rings. The lowest BCUT2D eigenvalue weighted by Gasteiger charge is -2.33. The van der Waals surface area contributed by atoms with E-state index in [1.54, 1.807) is 12.3 Å². The molecule has 0 unspecified atom stereocenters. The Labute approximate surface area is 146 Å². The van der Waals surface area contributed by atoms with E-state index in [1.165, 1.54) is 12.1 Å². The van der Waals surface area contributed by atoms with Crippen molar-refractivity contribution >= 4 is 17.8 Å². The van der Waals surface area contributed by atoms with Gasteiger partial charge in [-0.15, -0.1) is 0 Å². The van der Waals surface area contributed by atoms with Gasteiger partial charge in [-0.3, -0.25) is 9.91 Å². The maximum absolute atomic E-state index is 9.49. The molecule has 24 heavy (non-hydrogen) atoms. The van der Waals surface area contributed by atoms with Crippen molar-refractivity contribution in [2.45, 2.75) is 6.54 Å². The number of nitrogens with zero attached hydrogens (tertiary/aromatic N) is 3. The molecule has 0 spiro atoms. The molecule has 1 aliphatic rings. The van der Waals surface area contributed by atoms with Gasteiger partial charge in [0.05, 0.1) is 6.21 Å². The second kappa shape index (κ2) is 7.55. The van der Waals surface area contributed by atoms with Crippen molar-refractivity contribution in [3.63, 3.8) is 0 Å². The number of phenolic OH excluding ortho intramolecular Hbond substituents is 2. The van der Waals surface area contributed by atoms with Gasteiger partial charge in [0.2, 0.25) is 0 Å². The zero-order valence-corrected chi connectivity index (χ0v) is 14.0. The van der Waals surface area contributed by atoms with E-state index in [-0.39, 0.29) is 11.5 Å². The van der Waals surface area contributed by atoms with Crippen molar-refractivity contribution < 1.29 is 10.2 Å². The van der Waals surface area contributed by atoms with Crippen LogP contribution in [0.4, 0.5) is 0 Å². The Balaban J connectivity index is 1.52. The van der Waals surface area contributed by atoms with Gasteiger partial charge in [-0.1, -0.05) is 29.8 Å². The van der Waals surface area contributed by atoms with Crippen LogP contribution in [0.2, 0.25) is 5.02 Å². The number of hydrazone groups is 1. The topological polar surface area (TPSA) is 59.3 Å². The van der Waals surface area contributed by atoms with Crippen LogP contribution in [0.3, 0.4) is 0 Å². The van der Waals surface area contributed by atoms with Gasteiger partial charge in [-0.05, 0) is 35.4 Å². The van der Waals surface area contributed by atoms with Gasteiger partial charge < -0.3 is 10.2 Å². The molecule has 0 radical (unpaired) electrons. The van der Waals surface area contributed by atoms with Gasteiger partial charge in [0.15, 0.2) is 11.5 Å². The van der Waals surface area contributed by atoms with E-state index < -0.39 is 0 Å². The first-order valence-electron chi connectivity index (χ1n) is 7.88. The highest BCUT2D eigenvalue weighted by Crippen LogP contribution is 2.24. The van der Waals surface area contributed by atoms with E-state index in [0.717, 1.165) is 48.9 Å². The molecule has 2 N–H and O–H groups in total. The van der Waals surface area contributed by atoms with Crippen LogP contribution >= 0.6 is 11.6 Å². The summed E-state index contributed by atoms with van der Waals surface area (Å²) in [5, 5.41) is 26.1. The Morgan fingerprint density at radius 3 is 2.46 bits per heavy atom. The lowest BCUT2D eigenvalue weighted by molar-refractivity contribution is 0.131. The number of benzene rings is 2. The first-order chi connectivity index (χ1) is 11.6. The predicted molar refractivity (Wildman–Crippen MR) is 95.7 cm³/mol. The third-order valence-corrected chi connectivity index (χ3v) is 4.44. The van der Waals surface area contributed by atoms with Crippen molar-refractivity contribution in [1.29, 1.82) is 0 Å². The number of phenols is 2. The van der Waals surface area contributed by atoms with Crippen LogP contribution in [-0.4, -0.2) is 52.5 Å². The molecule has 0 aromatic heterocycles. The molecule has 2 aromatic carbocycles. The Hall–Kier alpha value is -2.24. The number of hydrogen-bond donors (Lipinski definition) is 2. The van der Waals surface area contributed by atoms with Gasteiger partial charge in [0, 0.05) is 37.7 Å². The number of halogens is 1. The average Bonchev–Trinajstić information content (AvgIpc) is 2.59. The fourth-order valence-electron chi connectivity index (χ4n) is 2.65. The summed E-state index contributed by atoms with van der Waals surface area (Å²) in [6.45, 7) is 4.37. The zero-order valence-electron chi connectivity index (χ0n) is 13.3.